The fourth-order valence-electron chi connectivity index (χ4n) is 0.857. The molecular formula is C10H18O2. The molecule has 0 fully saturated rings. The lowest BCUT2D eigenvalue weighted by atomic mass is 10.1. The molecule has 0 aromatic carbocycles. The van der Waals surface area contributed by atoms with E-state index in [9.17, 15) is 0 Å². The highest BCUT2D eigenvalue weighted by Crippen LogP contribution is 2.09. The van der Waals surface area contributed by atoms with E-state index in [1.807, 2.05) is 20.8 Å². The molecule has 2 N–H and O–H groups in total. The first-order valence-corrected chi connectivity index (χ1v) is 4.19. The van der Waals surface area contributed by atoms with Crippen molar-refractivity contribution in [1.29, 1.82) is 0 Å². The van der Waals surface area contributed by atoms with Gasteiger partial charge in [0.05, 0.1) is 0 Å². The predicted molar refractivity (Wildman–Crippen MR) is 51.1 cm³/mol. The van der Waals surface area contributed by atoms with Crippen LogP contribution in [0.25, 0.3) is 0 Å². The second kappa shape index (κ2) is 5.84. The van der Waals surface area contributed by atoms with Gasteiger partial charge in [0.15, 0.2) is 0 Å². The minimum absolute atomic E-state index is 0.108. The van der Waals surface area contributed by atoms with Crippen LogP contribution in [0.15, 0.2) is 23.0 Å². The molecule has 0 aliphatic carbocycles. The molecule has 0 spiro atoms. The molecule has 0 unspecified atom stereocenters. The van der Waals surface area contributed by atoms with Crippen molar-refractivity contribution in [2.45, 2.75) is 33.6 Å². The molecule has 0 heterocycles. The van der Waals surface area contributed by atoms with Gasteiger partial charge in [0.25, 0.3) is 0 Å². The van der Waals surface area contributed by atoms with Gasteiger partial charge in [0.1, 0.15) is 12.4 Å². The molecule has 0 amide bonds. The third-order valence-corrected chi connectivity index (χ3v) is 1.71. The quantitative estimate of drug-likeness (QED) is 0.503. The van der Waals surface area contributed by atoms with Crippen LogP contribution in [0, 0.1) is 0 Å². The van der Waals surface area contributed by atoms with Crippen LogP contribution in [0.4, 0.5) is 0 Å². The van der Waals surface area contributed by atoms with Gasteiger partial charge in [-0.1, -0.05) is 11.6 Å². The van der Waals surface area contributed by atoms with Gasteiger partial charge < -0.3 is 10.2 Å². The Kier molecular flexibility index (Phi) is 5.47. The van der Waals surface area contributed by atoms with Crippen molar-refractivity contribution in [3.63, 3.8) is 0 Å². The maximum absolute atomic E-state index is 9.10. The van der Waals surface area contributed by atoms with Gasteiger partial charge >= 0.3 is 0 Å². The van der Waals surface area contributed by atoms with E-state index in [1.165, 1.54) is 5.57 Å². The molecule has 0 rings (SSSR count). The molecule has 0 aliphatic heterocycles. The highest BCUT2D eigenvalue weighted by molar-refractivity contribution is 5.06. The number of aliphatic hydroxyl groups is 2. The fourth-order valence-corrected chi connectivity index (χ4v) is 0.857. The molecule has 0 bridgehead atoms. The Bertz CT molecular complexity index is 186. The maximum Gasteiger partial charge on any atom is 0.117 e. The molecule has 0 aliphatic rings. The van der Waals surface area contributed by atoms with E-state index < -0.39 is 0 Å². The van der Waals surface area contributed by atoms with Crippen molar-refractivity contribution < 1.29 is 10.2 Å². The van der Waals surface area contributed by atoms with E-state index in [1.54, 1.807) is 0 Å². The van der Waals surface area contributed by atoms with Crippen molar-refractivity contribution in [3.8, 4) is 0 Å². The first-order valence-electron chi connectivity index (χ1n) is 4.19. The Morgan fingerprint density at radius 1 is 1.25 bits per heavy atom. The summed E-state index contributed by atoms with van der Waals surface area (Å²) in [7, 11) is 0. The SMILES string of the molecule is CC(C)=CCC/C(C)=C(\O)CO. The predicted octanol–water partition coefficient (Wildman–Crippen LogP) is 2.56. The molecule has 12 heavy (non-hydrogen) atoms. The normalized spacial score (nSPS) is 12.3. The van der Waals surface area contributed by atoms with Gasteiger partial charge in [-0.2, -0.15) is 0 Å². The highest BCUT2D eigenvalue weighted by Gasteiger charge is 1.96. The number of aliphatic hydroxyl groups excluding tert-OH is 2. The summed E-state index contributed by atoms with van der Waals surface area (Å²) in [4.78, 5) is 0. The highest BCUT2D eigenvalue weighted by atomic mass is 16.3. The van der Waals surface area contributed by atoms with Crippen LogP contribution in [0.3, 0.4) is 0 Å². The largest absolute Gasteiger partial charge is 0.510 e. The third-order valence-electron chi connectivity index (χ3n) is 1.71. The summed E-state index contributed by atoms with van der Waals surface area (Å²) in [5.41, 5.74) is 2.15. The summed E-state index contributed by atoms with van der Waals surface area (Å²) in [6.07, 6.45) is 3.87. The molecular weight excluding hydrogens is 152 g/mol. The Morgan fingerprint density at radius 2 is 1.83 bits per heavy atom. The Morgan fingerprint density at radius 3 is 2.25 bits per heavy atom. The van der Waals surface area contributed by atoms with Crippen LogP contribution in [0.5, 0.6) is 0 Å². The number of hydrogen-bond acceptors (Lipinski definition) is 2. The zero-order valence-corrected chi connectivity index (χ0v) is 8.09. The van der Waals surface area contributed by atoms with Gasteiger partial charge in [-0.05, 0) is 39.2 Å². The Labute approximate surface area is 74.2 Å². The van der Waals surface area contributed by atoms with Gasteiger partial charge in [0.2, 0.25) is 0 Å². The monoisotopic (exact) mass is 170 g/mol. The average molecular weight is 170 g/mol. The lowest BCUT2D eigenvalue weighted by molar-refractivity contribution is 0.249. The smallest absolute Gasteiger partial charge is 0.117 e. The topological polar surface area (TPSA) is 40.5 Å². The second-order valence-corrected chi connectivity index (χ2v) is 3.21. The Balaban J connectivity index is 3.86. The summed E-state index contributed by atoms with van der Waals surface area (Å²) < 4.78 is 0. The fraction of sp³-hybridized carbons (Fsp3) is 0.600. The van der Waals surface area contributed by atoms with Crippen molar-refractivity contribution >= 4 is 0 Å². The van der Waals surface area contributed by atoms with Crippen molar-refractivity contribution in [2.24, 2.45) is 0 Å². The minimum Gasteiger partial charge on any atom is -0.510 e. The minimum atomic E-state index is -0.249. The van der Waals surface area contributed by atoms with E-state index in [2.05, 4.69) is 6.08 Å². The molecule has 2 heteroatoms. The summed E-state index contributed by atoms with van der Waals surface area (Å²) in [5.74, 6) is 0.108. The van der Waals surface area contributed by atoms with Crippen molar-refractivity contribution in [1.82, 2.24) is 0 Å². The molecule has 2 nitrogen and oxygen atoms in total. The van der Waals surface area contributed by atoms with Gasteiger partial charge in [0, 0.05) is 0 Å². The van der Waals surface area contributed by atoms with Gasteiger partial charge in [-0.25, -0.2) is 0 Å². The molecule has 0 saturated carbocycles. The van der Waals surface area contributed by atoms with E-state index in [4.69, 9.17) is 10.2 Å². The van der Waals surface area contributed by atoms with Crippen LogP contribution in [0.2, 0.25) is 0 Å². The van der Waals surface area contributed by atoms with Gasteiger partial charge in [-0.15, -0.1) is 0 Å². The van der Waals surface area contributed by atoms with Crippen molar-refractivity contribution in [3.05, 3.63) is 23.0 Å². The Hall–Kier alpha value is -0.760. The van der Waals surface area contributed by atoms with Crippen LogP contribution >= 0.6 is 0 Å². The summed E-state index contributed by atoms with van der Waals surface area (Å²) in [6, 6.07) is 0. The van der Waals surface area contributed by atoms with Crippen LogP contribution in [0.1, 0.15) is 33.6 Å². The average Bonchev–Trinajstić information content (AvgIpc) is 2.02. The summed E-state index contributed by atoms with van der Waals surface area (Å²) >= 11 is 0. The first kappa shape index (κ1) is 11.2. The first-order chi connectivity index (χ1) is 5.57. The summed E-state index contributed by atoms with van der Waals surface area (Å²) in [5, 5.41) is 17.7. The number of allylic oxidation sites excluding steroid dienone is 3. The molecule has 0 saturated heterocycles. The molecule has 0 atom stereocenters. The molecule has 0 aromatic rings. The second-order valence-electron chi connectivity index (χ2n) is 3.21. The van der Waals surface area contributed by atoms with Crippen molar-refractivity contribution in [2.75, 3.05) is 6.61 Å². The van der Waals surface area contributed by atoms with E-state index in [0.717, 1.165) is 18.4 Å². The third kappa shape index (κ3) is 4.97. The van der Waals surface area contributed by atoms with Crippen LogP contribution < -0.4 is 0 Å². The number of hydrogen-bond donors (Lipinski definition) is 2. The molecule has 0 radical (unpaired) electrons. The lowest BCUT2D eigenvalue weighted by Gasteiger charge is -2.01. The summed E-state index contributed by atoms with van der Waals surface area (Å²) in [6.45, 7) is 5.68. The maximum atomic E-state index is 9.10. The van der Waals surface area contributed by atoms with E-state index in [0.29, 0.717) is 0 Å². The molecule has 70 valence electrons. The zero-order valence-electron chi connectivity index (χ0n) is 8.09. The zero-order chi connectivity index (χ0) is 9.56. The van der Waals surface area contributed by atoms with E-state index in [-0.39, 0.29) is 12.4 Å². The van der Waals surface area contributed by atoms with Crippen LogP contribution in [-0.2, 0) is 0 Å². The van der Waals surface area contributed by atoms with Gasteiger partial charge in [-0.3, -0.25) is 0 Å². The molecule has 0 aromatic heterocycles. The lowest BCUT2D eigenvalue weighted by Crippen LogP contribution is -1.93. The standard InChI is InChI=1S/C10H18O2/c1-8(2)5-4-6-9(3)10(12)7-11/h5,11-12H,4,6-7H2,1-3H3/b10-9-. The van der Waals surface area contributed by atoms with E-state index >= 15 is 0 Å². The van der Waals surface area contributed by atoms with Crippen LogP contribution in [-0.4, -0.2) is 16.8 Å². The number of rotatable bonds is 4.